The van der Waals surface area contributed by atoms with Gasteiger partial charge in [0.1, 0.15) is 0 Å². The van der Waals surface area contributed by atoms with Gasteiger partial charge in [0, 0.05) is 57.0 Å². The minimum absolute atomic E-state index is 0.763. The molecule has 6 aliphatic heterocycles. The summed E-state index contributed by atoms with van der Waals surface area (Å²) in [5.74, 6) is 3.06. The van der Waals surface area contributed by atoms with E-state index in [1.54, 1.807) is 0 Å². The molecule has 58 heavy (non-hydrogen) atoms. The third-order valence-electron chi connectivity index (χ3n) is 6.85. The third kappa shape index (κ3) is 15.4. The van der Waals surface area contributed by atoms with Crippen LogP contribution in [0.5, 0.6) is 0 Å². The van der Waals surface area contributed by atoms with E-state index in [1.165, 1.54) is 78.9 Å². The topological polar surface area (TPSA) is 0 Å². The van der Waals surface area contributed by atoms with Crippen LogP contribution in [0.25, 0.3) is 0 Å². The van der Waals surface area contributed by atoms with Crippen LogP contribution in [0.2, 0.25) is 0 Å². The number of hydrogen-bond donors (Lipinski definition) is 4. The van der Waals surface area contributed by atoms with Crippen LogP contribution in [0.1, 0.15) is 0 Å². The van der Waals surface area contributed by atoms with Gasteiger partial charge in [-0.2, -0.15) is 50.5 Å². The number of hydrogen-bond acceptors (Lipinski definition) is 24. The molecule has 24 heteroatoms. The number of thiol groups is 4. The molecule has 0 saturated carbocycles. The molecule has 6 heterocycles. The van der Waals surface area contributed by atoms with Crippen molar-refractivity contribution in [3.8, 4) is 0 Å². The van der Waals surface area contributed by atoms with Crippen LogP contribution < -0.4 is 0 Å². The van der Waals surface area contributed by atoms with Crippen molar-refractivity contribution in [1.29, 1.82) is 0 Å². The Morgan fingerprint density at radius 1 is 0.310 bits per heavy atom. The van der Waals surface area contributed by atoms with Crippen LogP contribution in [0.15, 0.2) is 115 Å². The molecule has 0 spiro atoms. The van der Waals surface area contributed by atoms with E-state index in [4.69, 9.17) is 25.3 Å². The van der Waals surface area contributed by atoms with E-state index in [1.807, 2.05) is 235 Å². The largest absolute Gasteiger partial charge is 0.174 e. The van der Waals surface area contributed by atoms with Crippen molar-refractivity contribution in [3.63, 3.8) is 0 Å². The predicted octanol–water partition coefficient (Wildman–Crippen LogP) is 19.9. The number of rotatable bonds is 19. The van der Waals surface area contributed by atoms with Crippen LogP contribution >= 0.6 is 286 Å². The van der Waals surface area contributed by atoms with Gasteiger partial charge in [0.2, 0.25) is 0 Å². The normalized spacial score (nSPS) is 21.8. The van der Waals surface area contributed by atoms with E-state index in [2.05, 4.69) is 86.7 Å². The highest BCUT2D eigenvalue weighted by Gasteiger charge is 2.27. The van der Waals surface area contributed by atoms with Crippen LogP contribution in [0, 0.1) is 0 Å². The fraction of sp³-hybridized carbons (Fsp3) is 0.294. The third-order valence-corrected chi connectivity index (χ3v) is 35.4. The van der Waals surface area contributed by atoms with Crippen LogP contribution in [-0.4, -0.2) is 58.2 Å². The van der Waals surface area contributed by atoms with E-state index in [9.17, 15) is 0 Å². The Kier molecular flexibility index (Phi) is 25.5. The van der Waals surface area contributed by atoms with Gasteiger partial charge in [0.25, 0.3) is 0 Å². The molecule has 0 unspecified atom stereocenters. The highest BCUT2D eigenvalue weighted by atomic mass is 32.3. The summed E-state index contributed by atoms with van der Waals surface area (Å²) in [7, 11) is 0. The second-order valence-corrected chi connectivity index (χ2v) is 36.2. The van der Waals surface area contributed by atoms with Crippen molar-refractivity contribution in [1.82, 2.24) is 0 Å². The molecule has 0 radical (unpaired) electrons. The summed E-state index contributed by atoms with van der Waals surface area (Å²) in [5, 5.41) is 1.93. The molecular weight excluding hydrogens is 1180 g/mol. The molecule has 314 valence electrons. The molecule has 0 saturated heterocycles. The quantitative estimate of drug-likeness (QED) is 0.0716. The lowest BCUT2D eigenvalue weighted by molar-refractivity contribution is 1.61. The summed E-state index contributed by atoms with van der Waals surface area (Å²) >= 11 is 56.5. The van der Waals surface area contributed by atoms with Crippen molar-refractivity contribution in [2.75, 3.05) is 58.2 Å². The lowest BCUT2D eigenvalue weighted by atomic mass is 10.6. The molecule has 0 amide bonds. The maximum Gasteiger partial charge on any atom is 0.0668 e. The van der Waals surface area contributed by atoms with Crippen molar-refractivity contribution in [2.24, 2.45) is 0 Å². The molecule has 0 aromatic heterocycles. The minimum Gasteiger partial charge on any atom is -0.174 e. The van der Waals surface area contributed by atoms with E-state index < -0.39 is 0 Å². The summed E-state index contributed by atoms with van der Waals surface area (Å²) in [6, 6.07) is 0. The van der Waals surface area contributed by atoms with Crippen LogP contribution in [-0.2, 0) is 0 Å². The first kappa shape index (κ1) is 52.6. The zero-order chi connectivity index (χ0) is 41.0. The molecule has 0 fully saturated rings. The SMILES string of the molecule is CSC1=C(SC)SC(=C/C=C2\SC(CS)=C(SCSC3=C(SCSC4=C(CS)S/C(=C\C=C5SC(SC)=C(SC)S5)S4)SC(=CC=C4SC(CS)=C(CS)S4)S3)S2)S1. The molecule has 0 atom stereocenters. The summed E-state index contributed by atoms with van der Waals surface area (Å²) in [6.07, 6.45) is 22.5. The van der Waals surface area contributed by atoms with E-state index >= 15 is 0 Å². The summed E-state index contributed by atoms with van der Waals surface area (Å²) in [6.45, 7) is 0. The fourth-order valence-electron chi connectivity index (χ4n) is 4.32. The minimum atomic E-state index is 0.763. The highest BCUT2D eigenvalue weighted by molar-refractivity contribution is 8.45. The van der Waals surface area contributed by atoms with Gasteiger partial charge in [-0.1, -0.05) is 141 Å². The van der Waals surface area contributed by atoms with Gasteiger partial charge in [-0.15, -0.1) is 94.1 Å². The van der Waals surface area contributed by atoms with E-state index in [0.717, 1.165) is 33.2 Å². The molecule has 0 N–H and O–H groups in total. The summed E-state index contributed by atoms with van der Waals surface area (Å²) in [4.78, 5) is 5.37. The highest BCUT2D eigenvalue weighted by Crippen LogP contribution is 2.63. The van der Waals surface area contributed by atoms with Gasteiger partial charge < -0.3 is 0 Å². The molecule has 0 aromatic rings. The Morgan fingerprint density at radius 2 is 0.534 bits per heavy atom. The molecule has 0 bridgehead atoms. The van der Waals surface area contributed by atoms with Gasteiger partial charge >= 0.3 is 0 Å². The molecule has 6 aliphatic rings. The smallest absolute Gasteiger partial charge is 0.0668 e. The Morgan fingerprint density at radius 3 is 0.828 bits per heavy atom. The average Bonchev–Trinajstić information content (AvgIpc) is 4.11. The Hall–Kier alpha value is 5.28. The Balaban J connectivity index is 1.08. The second kappa shape index (κ2) is 28.1. The fourth-order valence-corrected chi connectivity index (χ4v) is 32.9. The van der Waals surface area contributed by atoms with Gasteiger partial charge in [-0.25, -0.2) is 0 Å². The maximum atomic E-state index is 4.73. The summed E-state index contributed by atoms with van der Waals surface area (Å²) in [5.41, 5.74) is 0. The predicted molar refractivity (Wildman–Crippen MR) is 331 cm³/mol. The van der Waals surface area contributed by atoms with Gasteiger partial charge in [-0.3, -0.25) is 0 Å². The first-order chi connectivity index (χ1) is 28.3. The van der Waals surface area contributed by atoms with Crippen LogP contribution in [0.4, 0.5) is 0 Å². The van der Waals surface area contributed by atoms with E-state index in [-0.39, 0.29) is 0 Å². The average molecular weight is 1210 g/mol. The van der Waals surface area contributed by atoms with Crippen molar-refractivity contribution in [2.45, 2.75) is 0 Å². The number of allylic oxidation sites excluding steroid dienone is 6. The summed E-state index contributed by atoms with van der Waals surface area (Å²) < 4.78 is 19.2. The van der Waals surface area contributed by atoms with E-state index in [0.29, 0.717) is 0 Å². The standard InChI is InChI=1S/C34H34S24/c1-39-29-30(40-2)54-24(53-29)9-6-22-49-19(13-37)27(51-22)43-15-45-33-34(58-26(57-33)8-5-21-47-17(11-35)18(12-36)48-21)46-16-44-28-20(14-38)50-23(52-28)7-10-25-55-31(41-3)32(42-4)56-25/h5-10,35-38H,11-16H2,1-4H3/b22-6+,23-7+. The van der Waals surface area contributed by atoms with Gasteiger partial charge in [0.15, 0.2) is 0 Å². The van der Waals surface area contributed by atoms with Gasteiger partial charge in [-0.05, 0) is 61.5 Å². The zero-order valence-electron chi connectivity index (χ0n) is 30.7. The lowest BCUT2D eigenvalue weighted by Crippen LogP contribution is -1.80. The zero-order valence-corrected chi connectivity index (χ0v) is 50.6. The molecule has 0 aliphatic carbocycles. The molecule has 0 aromatic carbocycles. The number of thioether (sulfide) groups is 20. The van der Waals surface area contributed by atoms with Crippen molar-refractivity contribution >= 4 is 286 Å². The second-order valence-electron chi connectivity index (χ2n) is 10.4. The molecular formula is C34H34S24. The van der Waals surface area contributed by atoms with Crippen LogP contribution in [0.3, 0.4) is 0 Å². The molecule has 6 rings (SSSR count). The van der Waals surface area contributed by atoms with Crippen molar-refractivity contribution in [3.05, 3.63) is 115 Å². The van der Waals surface area contributed by atoms with Crippen molar-refractivity contribution < 1.29 is 0 Å². The first-order valence-electron chi connectivity index (χ1n) is 16.2. The molecule has 0 nitrogen and oxygen atoms in total. The Bertz CT molecular complexity index is 1800. The maximum absolute atomic E-state index is 4.73. The Labute approximate surface area is 452 Å². The van der Waals surface area contributed by atoms with Gasteiger partial charge in [0.05, 0.1) is 55.1 Å². The monoisotopic (exact) mass is 1210 g/mol. The lowest BCUT2D eigenvalue weighted by Gasteiger charge is -2.07. The first-order valence-corrected chi connectivity index (χ1v) is 37.4.